The van der Waals surface area contributed by atoms with E-state index >= 15 is 0 Å². The molecule has 158 valence electrons. The Labute approximate surface area is 173 Å². The second-order valence-corrected chi connectivity index (χ2v) is 9.06. The fraction of sp³-hybridized carbons (Fsp3) is 0.409. The highest BCUT2D eigenvalue weighted by molar-refractivity contribution is 7.92. The molecule has 6 nitrogen and oxygen atoms in total. The standard InChI is InChI=1S/C22H30N2O4S/c1-5-6-19-9-11-20(12-10-19)28-14-13-23-22(25)16-24(29(4,26)27)21-15-17(2)7-8-18(21)3/h7-12,15H,5-6,13-14,16H2,1-4H3,(H,23,25). The van der Waals surface area contributed by atoms with Crippen LogP contribution in [-0.4, -0.2) is 40.3 Å². The quantitative estimate of drug-likeness (QED) is 0.601. The molecule has 2 aromatic rings. The van der Waals surface area contributed by atoms with E-state index in [9.17, 15) is 13.2 Å². The summed E-state index contributed by atoms with van der Waals surface area (Å²) in [7, 11) is -3.59. The number of carbonyl (C=O) groups excluding carboxylic acids is 1. The van der Waals surface area contributed by atoms with Crippen LogP contribution in [0, 0.1) is 13.8 Å². The van der Waals surface area contributed by atoms with Crippen molar-refractivity contribution in [2.45, 2.75) is 33.6 Å². The summed E-state index contributed by atoms with van der Waals surface area (Å²) in [5.41, 5.74) is 3.51. The summed E-state index contributed by atoms with van der Waals surface area (Å²) >= 11 is 0. The predicted molar refractivity (Wildman–Crippen MR) is 117 cm³/mol. The smallest absolute Gasteiger partial charge is 0.240 e. The average Bonchev–Trinajstić information content (AvgIpc) is 2.66. The number of hydrogen-bond donors (Lipinski definition) is 1. The number of rotatable bonds is 10. The lowest BCUT2D eigenvalue weighted by molar-refractivity contribution is -0.119. The van der Waals surface area contributed by atoms with Crippen molar-refractivity contribution in [3.05, 3.63) is 59.2 Å². The number of sulfonamides is 1. The largest absolute Gasteiger partial charge is 0.492 e. The zero-order valence-electron chi connectivity index (χ0n) is 17.6. The summed E-state index contributed by atoms with van der Waals surface area (Å²) in [4.78, 5) is 12.3. The summed E-state index contributed by atoms with van der Waals surface area (Å²) in [5.74, 6) is 0.366. The third-order valence-electron chi connectivity index (χ3n) is 4.48. The van der Waals surface area contributed by atoms with E-state index in [2.05, 4.69) is 12.2 Å². The van der Waals surface area contributed by atoms with Crippen LogP contribution in [0.25, 0.3) is 0 Å². The van der Waals surface area contributed by atoms with Crippen molar-refractivity contribution in [2.24, 2.45) is 0 Å². The maximum absolute atomic E-state index is 12.3. The van der Waals surface area contributed by atoms with Gasteiger partial charge in [-0.2, -0.15) is 0 Å². The zero-order chi connectivity index (χ0) is 21.4. The first-order chi connectivity index (χ1) is 13.7. The Morgan fingerprint density at radius 1 is 1.10 bits per heavy atom. The maximum Gasteiger partial charge on any atom is 0.240 e. The van der Waals surface area contributed by atoms with Gasteiger partial charge in [-0.25, -0.2) is 8.42 Å². The number of benzene rings is 2. The Kier molecular flexibility index (Phi) is 8.08. The number of nitrogens with one attached hydrogen (secondary N) is 1. The lowest BCUT2D eigenvalue weighted by Crippen LogP contribution is -2.41. The van der Waals surface area contributed by atoms with Crippen molar-refractivity contribution in [3.63, 3.8) is 0 Å². The number of aryl methyl sites for hydroxylation is 3. The van der Waals surface area contributed by atoms with Gasteiger partial charge in [-0.3, -0.25) is 9.10 Å². The van der Waals surface area contributed by atoms with Gasteiger partial charge < -0.3 is 10.1 Å². The average molecular weight is 419 g/mol. The molecule has 0 aliphatic heterocycles. The molecule has 0 heterocycles. The Morgan fingerprint density at radius 2 is 1.79 bits per heavy atom. The summed E-state index contributed by atoms with van der Waals surface area (Å²) < 4.78 is 31.3. The molecule has 0 unspecified atom stereocenters. The molecule has 0 bridgehead atoms. The number of ether oxygens (including phenoxy) is 1. The summed E-state index contributed by atoms with van der Waals surface area (Å²) in [5, 5.41) is 2.72. The number of amides is 1. The van der Waals surface area contributed by atoms with Crippen molar-refractivity contribution in [3.8, 4) is 5.75 Å². The first kappa shape index (κ1) is 22.7. The Morgan fingerprint density at radius 3 is 2.41 bits per heavy atom. The van der Waals surface area contributed by atoms with Gasteiger partial charge in [0, 0.05) is 0 Å². The van der Waals surface area contributed by atoms with Crippen molar-refractivity contribution in [2.75, 3.05) is 30.3 Å². The Hall–Kier alpha value is -2.54. The van der Waals surface area contributed by atoms with Gasteiger partial charge in [-0.1, -0.05) is 37.6 Å². The molecule has 0 radical (unpaired) electrons. The van der Waals surface area contributed by atoms with E-state index in [0.717, 1.165) is 40.3 Å². The highest BCUT2D eigenvalue weighted by Crippen LogP contribution is 2.23. The van der Waals surface area contributed by atoms with Crippen molar-refractivity contribution in [1.82, 2.24) is 5.32 Å². The van der Waals surface area contributed by atoms with Gasteiger partial charge >= 0.3 is 0 Å². The van der Waals surface area contributed by atoms with E-state index < -0.39 is 10.0 Å². The van der Waals surface area contributed by atoms with Crippen LogP contribution >= 0.6 is 0 Å². The zero-order valence-corrected chi connectivity index (χ0v) is 18.4. The molecular weight excluding hydrogens is 388 g/mol. The van der Waals surface area contributed by atoms with E-state index in [1.165, 1.54) is 5.56 Å². The molecule has 2 rings (SSSR count). The molecule has 1 amide bonds. The van der Waals surface area contributed by atoms with Crippen LogP contribution in [0.5, 0.6) is 5.75 Å². The minimum Gasteiger partial charge on any atom is -0.492 e. The van der Waals surface area contributed by atoms with Crippen LogP contribution in [0.15, 0.2) is 42.5 Å². The lowest BCUT2D eigenvalue weighted by Gasteiger charge is -2.24. The molecule has 0 saturated carbocycles. The molecule has 1 N–H and O–H groups in total. The highest BCUT2D eigenvalue weighted by Gasteiger charge is 2.22. The van der Waals surface area contributed by atoms with Gasteiger partial charge in [0.05, 0.1) is 18.5 Å². The van der Waals surface area contributed by atoms with Crippen molar-refractivity contribution in [1.29, 1.82) is 0 Å². The third-order valence-corrected chi connectivity index (χ3v) is 5.60. The van der Waals surface area contributed by atoms with Gasteiger partial charge in [0.2, 0.25) is 15.9 Å². The van der Waals surface area contributed by atoms with E-state index in [4.69, 9.17) is 4.74 Å². The second-order valence-electron chi connectivity index (χ2n) is 7.15. The normalized spacial score (nSPS) is 11.2. The van der Waals surface area contributed by atoms with E-state index in [-0.39, 0.29) is 12.5 Å². The Bertz CT molecular complexity index is 924. The molecule has 29 heavy (non-hydrogen) atoms. The van der Waals surface area contributed by atoms with Crippen molar-refractivity contribution < 1.29 is 17.9 Å². The fourth-order valence-corrected chi connectivity index (χ4v) is 3.86. The molecule has 0 fully saturated rings. The van der Waals surface area contributed by atoms with Gasteiger partial charge in [0.1, 0.15) is 18.9 Å². The molecule has 0 atom stereocenters. The molecule has 2 aromatic carbocycles. The predicted octanol–water partition coefficient (Wildman–Crippen LogP) is 3.22. The van der Waals surface area contributed by atoms with Crippen LogP contribution < -0.4 is 14.4 Å². The molecule has 0 spiro atoms. The third kappa shape index (κ3) is 7.09. The molecule has 0 saturated heterocycles. The minimum atomic E-state index is -3.59. The summed E-state index contributed by atoms with van der Waals surface area (Å²) in [6, 6.07) is 13.4. The van der Waals surface area contributed by atoms with Crippen LogP contribution in [0.3, 0.4) is 0 Å². The van der Waals surface area contributed by atoms with E-state index in [1.807, 2.05) is 50.2 Å². The molecule has 0 aromatic heterocycles. The van der Waals surface area contributed by atoms with Crippen LogP contribution in [0.2, 0.25) is 0 Å². The second kappa shape index (κ2) is 10.3. The number of anilines is 1. The van der Waals surface area contributed by atoms with Gasteiger partial charge in [0.25, 0.3) is 0 Å². The molecular formula is C22H30N2O4S. The number of nitrogens with zero attached hydrogens (tertiary/aromatic N) is 1. The maximum atomic E-state index is 12.3. The first-order valence-corrected chi connectivity index (χ1v) is 11.6. The highest BCUT2D eigenvalue weighted by atomic mass is 32.2. The van der Waals surface area contributed by atoms with Gasteiger partial charge in [0.15, 0.2) is 0 Å². The number of carbonyl (C=O) groups is 1. The van der Waals surface area contributed by atoms with Gasteiger partial charge in [-0.05, 0) is 55.2 Å². The topological polar surface area (TPSA) is 75.7 Å². The molecule has 0 aliphatic rings. The summed E-state index contributed by atoms with van der Waals surface area (Å²) in [6.07, 6.45) is 3.24. The van der Waals surface area contributed by atoms with Gasteiger partial charge in [-0.15, -0.1) is 0 Å². The molecule has 0 aliphatic carbocycles. The fourth-order valence-electron chi connectivity index (χ4n) is 2.96. The van der Waals surface area contributed by atoms with Crippen molar-refractivity contribution >= 4 is 21.6 Å². The van der Waals surface area contributed by atoms with Crippen LogP contribution in [0.1, 0.15) is 30.0 Å². The lowest BCUT2D eigenvalue weighted by atomic mass is 10.1. The monoisotopic (exact) mass is 418 g/mol. The summed E-state index contributed by atoms with van der Waals surface area (Å²) in [6.45, 7) is 6.17. The number of hydrogen-bond acceptors (Lipinski definition) is 4. The van der Waals surface area contributed by atoms with Crippen LogP contribution in [0.4, 0.5) is 5.69 Å². The van der Waals surface area contributed by atoms with E-state index in [1.54, 1.807) is 6.07 Å². The SMILES string of the molecule is CCCc1ccc(OCCNC(=O)CN(c2cc(C)ccc2C)S(C)(=O)=O)cc1. The minimum absolute atomic E-state index is 0.269. The Balaban J connectivity index is 1.89. The first-order valence-electron chi connectivity index (χ1n) is 9.74. The molecule has 7 heteroatoms. The van der Waals surface area contributed by atoms with Crippen LogP contribution in [-0.2, 0) is 21.2 Å². The van der Waals surface area contributed by atoms with E-state index in [0.29, 0.717) is 18.8 Å².